The number of esters is 1. The van der Waals surface area contributed by atoms with Gasteiger partial charge in [-0.3, -0.25) is 19.5 Å². The van der Waals surface area contributed by atoms with Crippen LogP contribution in [0.4, 0.5) is 10.6 Å². The van der Waals surface area contributed by atoms with Crippen LogP contribution in [0.25, 0.3) is 0 Å². The number of aliphatic hydroxyl groups excluding tert-OH is 1. The number of nitrogens with zero attached hydrogens (tertiary/aromatic N) is 2. The topological polar surface area (TPSA) is 166 Å². The second-order valence-electron chi connectivity index (χ2n) is 8.01. The fourth-order valence-corrected chi connectivity index (χ4v) is 2.89. The highest BCUT2D eigenvalue weighted by atomic mass is 16.6. The standard InChI is InChI=1S/C19H27N3O9/c1-19(2,3)31-18(28)21-13-6-7-22(17(27)20-13)14-8-11(9-23)12(30-14)10-29-16(26)5-4-15(24)25/h6-7,11-12,14,23H,4-5,8-10H2,1-3H3,(H,24,25)(H,20,21,27,28)/t11-,12-,14?/m1/s1. The summed E-state index contributed by atoms with van der Waals surface area (Å²) in [5.74, 6) is -2.19. The summed E-state index contributed by atoms with van der Waals surface area (Å²) in [6, 6.07) is 1.40. The van der Waals surface area contributed by atoms with Crippen molar-refractivity contribution < 1.29 is 38.8 Å². The Morgan fingerprint density at radius 1 is 1.32 bits per heavy atom. The van der Waals surface area contributed by atoms with Gasteiger partial charge < -0.3 is 24.4 Å². The van der Waals surface area contributed by atoms with E-state index in [9.17, 15) is 24.3 Å². The summed E-state index contributed by atoms with van der Waals surface area (Å²) in [6.45, 7) is 4.67. The smallest absolute Gasteiger partial charge is 0.413 e. The molecule has 0 aliphatic carbocycles. The van der Waals surface area contributed by atoms with Gasteiger partial charge in [-0.2, -0.15) is 4.98 Å². The highest BCUT2D eigenvalue weighted by Gasteiger charge is 2.37. The van der Waals surface area contributed by atoms with E-state index in [1.165, 1.54) is 16.8 Å². The number of amides is 1. The van der Waals surface area contributed by atoms with Gasteiger partial charge in [-0.15, -0.1) is 0 Å². The molecule has 1 aliphatic heterocycles. The number of ether oxygens (including phenoxy) is 3. The molecular weight excluding hydrogens is 414 g/mol. The van der Waals surface area contributed by atoms with Gasteiger partial charge in [0.2, 0.25) is 0 Å². The van der Waals surface area contributed by atoms with Crippen molar-refractivity contribution in [2.75, 3.05) is 18.5 Å². The van der Waals surface area contributed by atoms with Crippen LogP contribution in [-0.4, -0.2) is 62.7 Å². The molecular formula is C19H27N3O9. The monoisotopic (exact) mass is 441 g/mol. The van der Waals surface area contributed by atoms with Crippen molar-refractivity contribution >= 4 is 23.8 Å². The fourth-order valence-electron chi connectivity index (χ4n) is 2.89. The lowest BCUT2D eigenvalue weighted by Gasteiger charge is -2.19. The number of carbonyl (C=O) groups excluding carboxylic acids is 2. The third-order valence-corrected chi connectivity index (χ3v) is 4.32. The molecule has 1 aliphatic rings. The van der Waals surface area contributed by atoms with Crippen LogP contribution >= 0.6 is 0 Å². The van der Waals surface area contributed by atoms with E-state index in [1.807, 2.05) is 0 Å². The molecule has 0 saturated carbocycles. The first-order valence-electron chi connectivity index (χ1n) is 9.71. The molecule has 31 heavy (non-hydrogen) atoms. The first kappa shape index (κ1) is 24.3. The predicted octanol–water partition coefficient (Wildman–Crippen LogP) is 0.894. The number of carboxylic acids is 1. The number of hydrogen-bond donors (Lipinski definition) is 3. The Labute approximate surface area is 178 Å². The molecule has 1 aromatic rings. The second kappa shape index (κ2) is 10.4. The van der Waals surface area contributed by atoms with E-state index in [2.05, 4.69) is 10.3 Å². The summed E-state index contributed by atoms with van der Waals surface area (Å²) in [6.07, 6.45) is -1.13. The van der Waals surface area contributed by atoms with Crippen LogP contribution in [0.15, 0.2) is 17.1 Å². The maximum atomic E-state index is 12.4. The summed E-state index contributed by atoms with van der Waals surface area (Å²) in [4.78, 5) is 50.1. The van der Waals surface area contributed by atoms with Gasteiger partial charge in [0.1, 0.15) is 24.3 Å². The van der Waals surface area contributed by atoms with E-state index in [0.717, 1.165) is 0 Å². The van der Waals surface area contributed by atoms with Crippen LogP contribution in [-0.2, 0) is 23.8 Å². The fraction of sp³-hybridized carbons (Fsp3) is 0.632. The van der Waals surface area contributed by atoms with Crippen molar-refractivity contribution in [1.29, 1.82) is 0 Å². The molecule has 12 heteroatoms. The van der Waals surface area contributed by atoms with Gasteiger partial charge in [0.25, 0.3) is 0 Å². The van der Waals surface area contributed by atoms with E-state index >= 15 is 0 Å². The molecule has 0 bridgehead atoms. The van der Waals surface area contributed by atoms with E-state index in [1.54, 1.807) is 20.8 Å². The molecule has 1 saturated heterocycles. The summed E-state index contributed by atoms with van der Waals surface area (Å²) in [5.41, 5.74) is -1.39. The number of carboxylic acid groups (broad SMARTS) is 1. The minimum absolute atomic E-state index is 0.0103. The van der Waals surface area contributed by atoms with Gasteiger partial charge in [0.15, 0.2) is 0 Å². The average molecular weight is 441 g/mol. The number of aliphatic hydroxyl groups is 1. The predicted molar refractivity (Wildman–Crippen MR) is 105 cm³/mol. The van der Waals surface area contributed by atoms with Crippen LogP contribution in [0, 0.1) is 5.92 Å². The summed E-state index contributed by atoms with van der Waals surface area (Å²) in [7, 11) is 0. The zero-order valence-electron chi connectivity index (χ0n) is 17.6. The zero-order chi connectivity index (χ0) is 23.2. The molecule has 2 heterocycles. The minimum atomic E-state index is -1.11. The van der Waals surface area contributed by atoms with Gasteiger partial charge >= 0.3 is 23.7 Å². The van der Waals surface area contributed by atoms with Crippen LogP contribution in [0.2, 0.25) is 0 Å². The molecule has 172 valence electrons. The lowest BCUT2D eigenvalue weighted by molar-refractivity contribution is -0.152. The normalized spacial score (nSPS) is 20.8. The first-order chi connectivity index (χ1) is 14.5. The third kappa shape index (κ3) is 7.64. The lowest BCUT2D eigenvalue weighted by Crippen LogP contribution is -2.31. The Balaban J connectivity index is 1.98. The molecule has 3 N–H and O–H groups in total. The molecule has 0 spiro atoms. The molecule has 1 fully saturated rings. The Morgan fingerprint density at radius 2 is 2.03 bits per heavy atom. The Bertz CT molecular complexity index is 862. The number of aromatic nitrogens is 2. The van der Waals surface area contributed by atoms with E-state index < -0.39 is 47.6 Å². The maximum Gasteiger partial charge on any atom is 0.413 e. The molecule has 1 aromatic heterocycles. The zero-order valence-corrected chi connectivity index (χ0v) is 17.6. The number of nitrogens with one attached hydrogen (secondary N) is 1. The number of anilines is 1. The maximum absolute atomic E-state index is 12.4. The number of rotatable bonds is 8. The molecule has 0 radical (unpaired) electrons. The van der Waals surface area contributed by atoms with Crippen molar-refractivity contribution in [3.05, 3.63) is 22.7 Å². The number of aliphatic carboxylic acids is 1. The number of carbonyl (C=O) groups is 3. The molecule has 1 amide bonds. The Morgan fingerprint density at radius 3 is 2.61 bits per heavy atom. The SMILES string of the molecule is CC(C)(C)OC(=O)Nc1ccn(C2C[C@H](CO)[C@@H](COC(=O)CCC(=O)O)O2)c(=O)n1. The molecule has 2 rings (SSSR count). The van der Waals surface area contributed by atoms with E-state index in [4.69, 9.17) is 19.3 Å². The van der Waals surface area contributed by atoms with Crippen molar-refractivity contribution in [3.8, 4) is 0 Å². The Kier molecular flexibility index (Phi) is 8.11. The lowest BCUT2D eigenvalue weighted by atomic mass is 10.0. The van der Waals surface area contributed by atoms with E-state index in [-0.39, 0.29) is 38.3 Å². The highest BCUT2D eigenvalue weighted by Crippen LogP contribution is 2.32. The third-order valence-electron chi connectivity index (χ3n) is 4.32. The summed E-state index contributed by atoms with van der Waals surface area (Å²) >= 11 is 0. The van der Waals surface area contributed by atoms with Crippen molar-refractivity contribution in [2.45, 2.75) is 58.0 Å². The highest BCUT2D eigenvalue weighted by molar-refractivity contribution is 5.83. The van der Waals surface area contributed by atoms with Gasteiger partial charge in [-0.05, 0) is 26.8 Å². The summed E-state index contributed by atoms with van der Waals surface area (Å²) < 4.78 is 17.1. The second-order valence-corrected chi connectivity index (χ2v) is 8.01. The van der Waals surface area contributed by atoms with Crippen LogP contribution < -0.4 is 11.0 Å². The van der Waals surface area contributed by atoms with Crippen molar-refractivity contribution in [3.63, 3.8) is 0 Å². The number of hydrogen-bond acceptors (Lipinski definition) is 9. The molecule has 3 atom stereocenters. The largest absolute Gasteiger partial charge is 0.481 e. The van der Waals surface area contributed by atoms with Crippen molar-refractivity contribution in [1.82, 2.24) is 9.55 Å². The van der Waals surface area contributed by atoms with E-state index in [0.29, 0.717) is 0 Å². The van der Waals surface area contributed by atoms with Crippen LogP contribution in [0.1, 0.15) is 46.3 Å². The average Bonchev–Trinajstić information content (AvgIpc) is 3.06. The van der Waals surface area contributed by atoms with Crippen LogP contribution in [0.3, 0.4) is 0 Å². The first-order valence-corrected chi connectivity index (χ1v) is 9.71. The minimum Gasteiger partial charge on any atom is -0.481 e. The molecule has 12 nitrogen and oxygen atoms in total. The van der Waals surface area contributed by atoms with Gasteiger partial charge in [-0.1, -0.05) is 0 Å². The van der Waals surface area contributed by atoms with Crippen molar-refractivity contribution in [2.24, 2.45) is 5.92 Å². The van der Waals surface area contributed by atoms with Gasteiger partial charge in [-0.25, -0.2) is 9.59 Å². The molecule has 1 unspecified atom stereocenters. The summed E-state index contributed by atoms with van der Waals surface area (Å²) in [5, 5.41) is 20.6. The van der Waals surface area contributed by atoms with Gasteiger partial charge in [0, 0.05) is 25.1 Å². The van der Waals surface area contributed by atoms with Gasteiger partial charge in [0.05, 0.1) is 18.9 Å². The Hall–Kier alpha value is -2.99. The van der Waals surface area contributed by atoms with Crippen LogP contribution in [0.5, 0.6) is 0 Å². The quantitative estimate of drug-likeness (QED) is 0.493. The molecule has 0 aromatic carbocycles.